The van der Waals surface area contributed by atoms with Crippen molar-refractivity contribution in [3.05, 3.63) is 46.9 Å². The van der Waals surface area contributed by atoms with E-state index in [4.69, 9.17) is 24.7 Å². The summed E-state index contributed by atoms with van der Waals surface area (Å²) in [6, 6.07) is 7.02. The first kappa shape index (κ1) is 25.8. The second-order valence-corrected chi connectivity index (χ2v) is 8.31. The Bertz CT molecular complexity index is 1120. The summed E-state index contributed by atoms with van der Waals surface area (Å²) >= 11 is 0. The summed E-state index contributed by atoms with van der Waals surface area (Å²) in [4.78, 5) is 11.6. The van der Waals surface area contributed by atoms with Gasteiger partial charge in [0, 0.05) is 23.4 Å². The first-order valence-corrected chi connectivity index (χ1v) is 10.9. The molecule has 0 fully saturated rings. The number of carboxylic acid groups (broad SMARTS) is 1. The summed E-state index contributed by atoms with van der Waals surface area (Å²) in [7, 11) is 1.52. The second-order valence-electron chi connectivity index (χ2n) is 6.75. The fourth-order valence-corrected chi connectivity index (χ4v) is 3.78. The number of carbonyl (C=O) groups is 1. The average molecular weight is 483 g/mol. The van der Waals surface area contributed by atoms with Gasteiger partial charge >= 0.3 is 5.97 Å². The van der Waals surface area contributed by atoms with E-state index in [0.29, 0.717) is 22.8 Å². The molecule has 0 heterocycles. The number of carboxylic acids is 1. The maximum absolute atomic E-state index is 12.7. The van der Waals surface area contributed by atoms with Gasteiger partial charge in [0.05, 0.1) is 46.0 Å². The number of hydrogen-bond donors (Lipinski definition) is 4. The standard InChI is InChI=1S/C21H26N2O9S/c1-29-14-10-18(31-3)15(19(11-14)32-4)7-8-33(27,28)23-13-5-6-17(30-2)16(9-13)21(22,12-24)20(25)26/h5-11,23-24H,12,22H2,1-4H3,(H,25,26)/t21-/m1/s1. The molecule has 11 nitrogen and oxygen atoms in total. The maximum atomic E-state index is 12.7. The van der Waals surface area contributed by atoms with Crippen LogP contribution in [-0.4, -0.2) is 59.6 Å². The molecule has 0 saturated heterocycles. The Morgan fingerprint density at radius 2 is 1.61 bits per heavy atom. The molecule has 2 aromatic rings. The molecular formula is C21H26N2O9S. The molecule has 180 valence electrons. The number of hydrogen-bond acceptors (Lipinski definition) is 9. The molecule has 0 radical (unpaired) electrons. The fraction of sp³-hybridized carbons (Fsp3) is 0.286. The number of anilines is 1. The van der Waals surface area contributed by atoms with Crippen molar-refractivity contribution in [3.8, 4) is 23.0 Å². The molecule has 0 aliphatic heterocycles. The second kappa shape index (κ2) is 10.4. The largest absolute Gasteiger partial charge is 0.496 e. The summed E-state index contributed by atoms with van der Waals surface area (Å²) in [5, 5.41) is 19.9. The monoisotopic (exact) mass is 482 g/mol. The van der Waals surface area contributed by atoms with Gasteiger partial charge in [0.15, 0.2) is 5.54 Å². The van der Waals surface area contributed by atoms with Gasteiger partial charge < -0.3 is 34.9 Å². The third-order valence-corrected chi connectivity index (χ3v) is 5.75. The van der Waals surface area contributed by atoms with Crippen LogP contribution in [0.4, 0.5) is 5.69 Å². The number of benzene rings is 2. The third-order valence-electron chi connectivity index (χ3n) is 4.74. The number of aliphatic carboxylic acids is 1. The van der Waals surface area contributed by atoms with Crippen molar-refractivity contribution < 1.29 is 42.4 Å². The highest BCUT2D eigenvalue weighted by atomic mass is 32.2. The first-order valence-electron chi connectivity index (χ1n) is 9.37. The molecule has 0 bridgehead atoms. The number of rotatable bonds is 11. The molecule has 2 rings (SSSR count). The van der Waals surface area contributed by atoms with Crippen molar-refractivity contribution in [3.63, 3.8) is 0 Å². The lowest BCUT2D eigenvalue weighted by Gasteiger charge is -2.25. The number of aliphatic hydroxyl groups excluding tert-OH is 1. The molecule has 1 atom stereocenters. The molecule has 0 unspecified atom stereocenters. The van der Waals surface area contributed by atoms with Crippen LogP contribution < -0.4 is 29.4 Å². The van der Waals surface area contributed by atoms with Gasteiger partial charge in [0.2, 0.25) is 0 Å². The minimum Gasteiger partial charge on any atom is -0.496 e. The van der Waals surface area contributed by atoms with Crippen LogP contribution in [0.1, 0.15) is 11.1 Å². The summed E-state index contributed by atoms with van der Waals surface area (Å²) in [6.45, 7) is -0.939. The van der Waals surface area contributed by atoms with Gasteiger partial charge in [-0.15, -0.1) is 0 Å². The zero-order chi connectivity index (χ0) is 24.8. The quantitative estimate of drug-likeness (QED) is 0.367. The Morgan fingerprint density at radius 3 is 2.06 bits per heavy atom. The smallest absolute Gasteiger partial charge is 0.330 e. The predicted molar refractivity (Wildman–Crippen MR) is 121 cm³/mol. The van der Waals surface area contributed by atoms with Gasteiger partial charge in [-0.25, -0.2) is 13.2 Å². The summed E-state index contributed by atoms with van der Waals surface area (Å²) in [5.41, 5.74) is 3.89. The van der Waals surface area contributed by atoms with E-state index in [1.165, 1.54) is 52.7 Å². The van der Waals surface area contributed by atoms with E-state index >= 15 is 0 Å². The molecule has 33 heavy (non-hydrogen) atoms. The topological polar surface area (TPSA) is 167 Å². The van der Waals surface area contributed by atoms with E-state index in [0.717, 1.165) is 5.41 Å². The van der Waals surface area contributed by atoms with Gasteiger partial charge in [0.1, 0.15) is 23.0 Å². The molecular weight excluding hydrogens is 456 g/mol. The minimum atomic E-state index is -4.07. The number of nitrogens with two attached hydrogens (primary N) is 1. The van der Waals surface area contributed by atoms with E-state index in [2.05, 4.69) is 4.72 Å². The first-order chi connectivity index (χ1) is 15.5. The van der Waals surface area contributed by atoms with Crippen LogP contribution in [-0.2, 0) is 20.4 Å². The van der Waals surface area contributed by atoms with Crippen molar-refractivity contribution in [2.75, 3.05) is 39.8 Å². The van der Waals surface area contributed by atoms with Crippen LogP contribution in [0.25, 0.3) is 6.08 Å². The molecule has 0 saturated carbocycles. The lowest BCUT2D eigenvalue weighted by molar-refractivity contribution is -0.145. The highest BCUT2D eigenvalue weighted by Crippen LogP contribution is 2.35. The number of nitrogens with one attached hydrogen (secondary N) is 1. The minimum absolute atomic E-state index is 0.00800. The maximum Gasteiger partial charge on any atom is 0.330 e. The SMILES string of the molecule is COc1cc(OC)c(C=CS(=O)(=O)Nc2ccc(OC)c([C@](N)(CO)C(=O)O)c2)c(OC)c1. The molecule has 2 aromatic carbocycles. The number of aliphatic hydroxyl groups is 1. The van der Waals surface area contributed by atoms with Crippen LogP contribution >= 0.6 is 0 Å². The van der Waals surface area contributed by atoms with Crippen LogP contribution in [0.15, 0.2) is 35.7 Å². The zero-order valence-corrected chi connectivity index (χ0v) is 19.3. The van der Waals surface area contributed by atoms with E-state index in [-0.39, 0.29) is 17.0 Å². The van der Waals surface area contributed by atoms with Gasteiger partial charge in [-0.1, -0.05) is 0 Å². The molecule has 0 amide bonds. The summed E-state index contributed by atoms with van der Waals surface area (Å²) in [6.07, 6.45) is 1.28. The van der Waals surface area contributed by atoms with E-state index < -0.39 is 28.1 Å². The molecule has 12 heteroatoms. The normalized spacial score (nSPS) is 13.3. The van der Waals surface area contributed by atoms with E-state index in [1.54, 1.807) is 12.1 Å². The van der Waals surface area contributed by atoms with Gasteiger partial charge in [0.25, 0.3) is 10.0 Å². The number of ether oxygens (including phenoxy) is 4. The van der Waals surface area contributed by atoms with Crippen LogP contribution in [0, 0.1) is 0 Å². The average Bonchev–Trinajstić information content (AvgIpc) is 2.81. The highest BCUT2D eigenvalue weighted by Gasteiger charge is 2.38. The van der Waals surface area contributed by atoms with Crippen molar-refractivity contribution in [2.45, 2.75) is 5.54 Å². The van der Waals surface area contributed by atoms with Crippen molar-refractivity contribution >= 4 is 27.8 Å². The molecule has 0 aliphatic rings. The van der Waals surface area contributed by atoms with Gasteiger partial charge in [-0.3, -0.25) is 4.72 Å². The third kappa shape index (κ3) is 5.66. The lowest BCUT2D eigenvalue weighted by Crippen LogP contribution is -2.48. The number of methoxy groups -OCH3 is 4. The predicted octanol–water partition coefficient (Wildman–Crippen LogP) is 1.36. The molecule has 5 N–H and O–H groups in total. The zero-order valence-electron chi connectivity index (χ0n) is 18.5. The van der Waals surface area contributed by atoms with Crippen molar-refractivity contribution in [2.24, 2.45) is 5.73 Å². The number of sulfonamides is 1. The van der Waals surface area contributed by atoms with E-state index in [9.17, 15) is 23.4 Å². The van der Waals surface area contributed by atoms with Crippen LogP contribution in [0.3, 0.4) is 0 Å². The van der Waals surface area contributed by atoms with Crippen molar-refractivity contribution in [1.82, 2.24) is 0 Å². The van der Waals surface area contributed by atoms with Crippen molar-refractivity contribution in [1.29, 1.82) is 0 Å². The molecule has 0 spiro atoms. The summed E-state index contributed by atoms with van der Waals surface area (Å²) < 4.78 is 48.5. The Kier molecular flexibility index (Phi) is 8.14. The molecule has 0 aromatic heterocycles. The van der Waals surface area contributed by atoms with E-state index in [1.807, 2.05) is 0 Å². The fourth-order valence-electron chi connectivity index (χ4n) is 2.94. The van der Waals surface area contributed by atoms with Crippen LogP contribution in [0.2, 0.25) is 0 Å². The molecule has 0 aliphatic carbocycles. The van der Waals surface area contributed by atoms with Crippen LogP contribution in [0.5, 0.6) is 23.0 Å². The van der Waals surface area contributed by atoms with Gasteiger partial charge in [-0.05, 0) is 24.3 Å². The highest BCUT2D eigenvalue weighted by molar-refractivity contribution is 7.95. The Balaban J connectivity index is 2.44. The Morgan fingerprint density at radius 1 is 1.03 bits per heavy atom. The van der Waals surface area contributed by atoms with Gasteiger partial charge in [-0.2, -0.15) is 0 Å². The lowest BCUT2D eigenvalue weighted by atomic mass is 9.90. The Labute approximate surface area is 191 Å². The Hall–Kier alpha value is -3.48. The summed E-state index contributed by atoms with van der Waals surface area (Å²) in [5.74, 6) is -0.342.